The van der Waals surface area contributed by atoms with Crippen LogP contribution in [0.15, 0.2) is 35.6 Å². The van der Waals surface area contributed by atoms with E-state index in [4.69, 9.17) is 4.74 Å². The second-order valence-corrected chi connectivity index (χ2v) is 6.17. The Morgan fingerprint density at radius 1 is 1.28 bits per heavy atom. The van der Waals surface area contributed by atoms with Crippen LogP contribution in [0.3, 0.4) is 0 Å². The summed E-state index contributed by atoms with van der Waals surface area (Å²) in [5.41, 5.74) is 0.247. The fourth-order valence-electron chi connectivity index (χ4n) is 2.64. The number of rotatable bonds is 3. The largest absolute Gasteiger partial charge is 0.497 e. The van der Waals surface area contributed by atoms with E-state index in [1.54, 1.807) is 13.1 Å². The molecule has 126 valence electrons. The molecule has 0 radical (unpaired) electrons. The van der Waals surface area contributed by atoms with Gasteiger partial charge in [0.1, 0.15) is 39.3 Å². The van der Waals surface area contributed by atoms with Crippen LogP contribution < -0.4 is 15.6 Å². The predicted molar refractivity (Wildman–Crippen MR) is 94.4 cm³/mol. The number of ether oxygens (including phenoxy) is 1. The first-order chi connectivity index (χ1) is 12.1. The van der Waals surface area contributed by atoms with E-state index in [1.807, 2.05) is 0 Å². The van der Waals surface area contributed by atoms with Crippen LogP contribution in [-0.4, -0.2) is 33.7 Å². The van der Waals surface area contributed by atoms with Crippen molar-refractivity contribution in [3.63, 3.8) is 0 Å². The van der Waals surface area contributed by atoms with Gasteiger partial charge in [0.15, 0.2) is 5.82 Å². The number of hydrogen-bond donors (Lipinski definition) is 1. The Morgan fingerprint density at radius 3 is 2.84 bits per heavy atom. The minimum absolute atomic E-state index is 0.109. The zero-order valence-electron chi connectivity index (χ0n) is 13.3. The van der Waals surface area contributed by atoms with Crippen LogP contribution in [0, 0.1) is 5.82 Å². The number of halogens is 1. The Labute approximate surface area is 144 Å². The molecule has 0 bridgehead atoms. The van der Waals surface area contributed by atoms with E-state index in [-0.39, 0.29) is 11.2 Å². The molecule has 0 atom stereocenters. The molecule has 3 heterocycles. The number of hydrogen-bond acceptors (Lipinski definition) is 7. The Hall–Kier alpha value is -3.07. The third kappa shape index (κ3) is 2.31. The van der Waals surface area contributed by atoms with Gasteiger partial charge in [0.05, 0.1) is 18.2 Å². The Kier molecular flexibility index (Phi) is 3.57. The number of methoxy groups -OCH3 is 1. The van der Waals surface area contributed by atoms with Gasteiger partial charge in [-0.2, -0.15) is 0 Å². The van der Waals surface area contributed by atoms with E-state index in [1.165, 1.54) is 47.8 Å². The molecule has 4 rings (SSSR count). The molecule has 0 unspecified atom stereocenters. The summed E-state index contributed by atoms with van der Waals surface area (Å²) in [7, 11) is 3.19. The maximum atomic E-state index is 14.3. The predicted octanol–water partition coefficient (Wildman–Crippen LogP) is 2.58. The minimum atomic E-state index is -0.570. The zero-order chi connectivity index (χ0) is 17.6. The first-order valence-electron chi connectivity index (χ1n) is 7.30. The average molecular weight is 357 g/mol. The number of nitrogens with one attached hydrogen (secondary N) is 1. The minimum Gasteiger partial charge on any atom is -0.497 e. The molecule has 1 N–H and O–H groups in total. The van der Waals surface area contributed by atoms with Crippen molar-refractivity contribution >= 4 is 37.6 Å². The summed E-state index contributed by atoms with van der Waals surface area (Å²) in [5.74, 6) is 0.398. The molecular formula is C16H12FN5O2S. The lowest BCUT2D eigenvalue weighted by Crippen LogP contribution is -2.18. The topological polar surface area (TPSA) is 81.9 Å². The van der Waals surface area contributed by atoms with Crippen LogP contribution >= 0.6 is 11.3 Å². The van der Waals surface area contributed by atoms with Gasteiger partial charge in [-0.3, -0.25) is 9.36 Å². The average Bonchev–Trinajstić information content (AvgIpc) is 3.02. The Balaban J connectivity index is 2.01. The summed E-state index contributed by atoms with van der Waals surface area (Å²) < 4.78 is 20.9. The Bertz CT molecular complexity index is 1170. The molecule has 0 amide bonds. The number of aromatic nitrogens is 4. The molecule has 0 aliphatic carbocycles. The van der Waals surface area contributed by atoms with Crippen molar-refractivity contribution < 1.29 is 9.13 Å². The van der Waals surface area contributed by atoms with E-state index in [0.29, 0.717) is 32.0 Å². The van der Waals surface area contributed by atoms with Crippen LogP contribution in [0.5, 0.6) is 5.75 Å². The van der Waals surface area contributed by atoms with Crippen LogP contribution in [0.1, 0.15) is 0 Å². The van der Waals surface area contributed by atoms with Gasteiger partial charge >= 0.3 is 0 Å². The van der Waals surface area contributed by atoms with Gasteiger partial charge < -0.3 is 10.1 Å². The highest BCUT2D eigenvalue weighted by Crippen LogP contribution is 2.32. The standard InChI is InChI=1S/C16H12FN5O2S/c1-18-14-11-12-13(25-15(11)20-6-19-14)16(23)22(7-21-12)10-4-3-8(24-2)5-9(10)17/h3-7H,1-2H3,(H,18,19,20). The lowest BCUT2D eigenvalue weighted by atomic mass is 10.2. The lowest BCUT2D eigenvalue weighted by Gasteiger charge is -2.08. The van der Waals surface area contributed by atoms with E-state index in [9.17, 15) is 9.18 Å². The van der Waals surface area contributed by atoms with Crippen molar-refractivity contribution in [3.8, 4) is 11.4 Å². The first-order valence-corrected chi connectivity index (χ1v) is 8.12. The van der Waals surface area contributed by atoms with E-state index in [2.05, 4.69) is 20.3 Å². The van der Waals surface area contributed by atoms with Gasteiger partial charge in [0.25, 0.3) is 5.56 Å². The van der Waals surface area contributed by atoms with Crippen LogP contribution in [0.2, 0.25) is 0 Å². The van der Waals surface area contributed by atoms with Crippen molar-refractivity contribution in [2.75, 3.05) is 19.5 Å². The second kappa shape index (κ2) is 5.78. The normalized spacial score (nSPS) is 11.2. The molecule has 0 saturated heterocycles. The number of anilines is 1. The summed E-state index contributed by atoms with van der Waals surface area (Å²) >= 11 is 1.21. The van der Waals surface area contributed by atoms with Gasteiger partial charge in [0.2, 0.25) is 0 Å². The zero-order valence-corrected chi connectivity index (χ0v) is 14.1. The van der Waals surface area contributed by atoms with Gasteiger partial charge in [-0.05, 0) is 12.1 Å². The number of nitrogens with zero attached hydrogens (tertiary/aromatic N) is 4. The third-order valence-corrected chi connectivity index (χ3v) is 4.90. The highest BCUT2D eigenvalue weighted by atomic mass is 32.1. The Morgan fingerprint density at radius 2 is 2.12 bits per heavy atom. The molecule has 0 saturated carbocycles. The molecule has 0 aliphatic heterocycles. The van der Waals surface area contributed by atoms with Crippen LogP contribution in [0.25, 0.3) is 26.1 Å². The number of thiophene rings is 1. The van der Waals surface area contributed by atoms with Crippen molar-refractivity contribution in [1.82, 2.24) is 19.5 Å². The van der Waals surface area contributed by atoms with Gasteiger partial charge in [-0.25, -0.2) is 19.3 Å². The van der Waals surface area contributed by atoms with Gasteiger partial charge in [0, 0.05) is 13.1 Å². The van der Waals surface area contributed by atoms with Crippen LogP contribution in [0.4, 0.5) is 10.2 Å². The summed E-state index contributed by atoms with van der Waals surface area (Å²) in [6, 6.07) is 4.29. The molecule has 1 aromatic carbocycles. The highest BCUT2D eigenvalue weighted by Gasteiger charge is 2.17. The third-order valence-electron chi connectivity index (χ3n) is 3.83. The maximum absolute atomic E-state index is 14.3. The molecule has 0 fully saturated rings. The fourth-order valence-corrected chi connectivity index (χ4v) is 3.66. The number of benzene rings is 1. The first kappa shape index (κ1) is 15.5. The molecule has 0 spiro atoms. The van der Waals surface area contributed by atoms with Crippen molar-refractivity contribution in [3.05, 3.63) is 47.0 Å². The second-order valence-electron chi connectivity index (χ2n) is 5.17. The fraction of sp³-hybridized carbons (Fsp3) is 0.125. The van der Waals surface area contributed by atoms with E-state index >= 15 is 0 Å². The molecule has 9 heteroatoms. The van der Waals surface area contributed by atoms with E-state index in [0.717, 1.165) is 0 Å². The van der Waals surface area contributed by atoms with Gasteiger partial charge in [-0.15, -0.1) is 11.3 Å². The molecule has 0 aliphatic rings. The van der Waals surface area contributed by atoms with E-state index < -0.39 is 5.82 Å². The van der Waals surface area contributed by atoms with Gasteiger partial charge in [-0.1, -0.05) is 0 Å². The molecule has 25 heavy (non-hydrogen) atoms. The maximum Gasteiger partial charge on any atom is 0.276 e. The smallest absolute Gasteiger partial charge is 0.276 e. The molecule has 3 aromatic heterocycles. The quantitative estimate of drug-likeness (QED) is 0.607. The summed E-state index contributed by atoms with van der Waals surface area (Å²) in [4.78, 5) is 26.2. The lowest BCUT2D eigenvalue weighted by molar-refractivity contribution is 0.411. The number of fused-ring (bicyclic) bond motifs is 3. The van der Waals surface area contributed by atoms with Crippen LogP contribution in [-0.2, 0) is 0 Å². The SMILES string of the molecule is CNc1ncnc2sc3c(=O)n(-c4ccc(OC)cc4F)cnc3c12. The van der Waals surface area contributed by atoms with Crippen molar-refractivity contribution in [2.24, 2.45) is 0 Å². The molecule has 4 aromatic rings. The highest BCUT2D eigenvalue weighted by molar-refractivity contribution is 7.25. The summed E-state index contributed by atoms with van der Waals surface area (Å²) in [6.45, 7) is 0. The molecular weight excluding hydrogens is 345 g/mol. The molecule has 7 nitrogen and oxygen atoms in total. The summed E-state index contributed by atoms with van der Waals surface area (Å²) in [5, 5.41) is 3.65. The van der Waals surface area contributed by atoms with Crippen molar-refractivity contribution in [2.45, 2.75) is 0 Å². The monoisotopic (exact) mass is 357 g/mol. The summed E-state index contributed by atoms with van der Waals surface area (Å²) in [6.07, 6.45) is 2.74. The van der Waals surface area contributed by atoms with Crippen molar-refractivity contribution in [1.29, 1.82) is 0 Å².